The lowest BCUT2D eigenvalue weighted by Gasteiger charge is -2.18. The van der Waals surface area contributed by atoms with Crippen molar-refractivity contribution in [3.05, 3.63) is 35.5 Å². The van der Waals surface area contributed by atoms with Crippen LogP contribution in [0.25, 0.3) is 0 Å². The summed E-state index contributed by atoms with van der Waals surface area (Å²) in [6.07, 6.45) is 5.95. The van der Waals surface area contributed by atoms with Gasteiger partial charge in [0.1, 0.15) is 6.10 Å². The highest BCUT2D eigenvalue weighted by Crippen LogP contribution is 2.34. The van der Waals surface area contributed by atoms with E-state index in [0.29, 0.717) is 36.8 Å². The van der Waals surface area contributed by atoms with Crippen LogP contribution >= 0.6 is 0 Å². The maximum Gasteiger partial charge on any atom is 0.334 e. The van der Waals surface area contributed by atoms with Gasteiger partial charge >= 0.3 is 11.9 Å². The van der Waals surface area contributed by atoms with Crippen molar-refractivity contribution in [2.75, 3.05) is 0 Å². The maximum absolute atomic E-state index is 11.6. The maximum atomic E-state index is 11.6. The topological polar surface area (TPSA) is 63.6 Å². The van der Waals surface area contributed by atoms with Crippen molar-refractivity contribution in [1.29, 1.82) is 0 Å². The zero-order chi connectivity index (χ0) is 14.0. The molecule has 1 saturated heterocycles. The zero-order valence-corrected chi connectivity index (χ0v) is 11.0. The first-order valence-corrected chi connectivity index (χ1v) is 6.46. The predicted molar refractivity (Wildman–Crippen MR) is 70.5 cm³/mol. The molecule has 0 saturated carbocycles. The second-order valence-electron chi connectivity index (χ2n) is 5.14. The van der Waals surface area contributed by atoms with Gasteiger partial charge in [0.15, 0.2) is 0 Å². The fraction of sp³-hybridized carbons (Fsp3) is 0.467. The number of aliphatic carboxylic acids is 1. The van der Waals surface area contributed by atoms with E-state index in [9.17, 15) is 9.59 Å². The molecule has 1 fully saturated rings. The third kappa shape index (κ3) is 2.95. The SMILES string of the molecule is C=C1C(=O)O[C@H]2C/C(C)=C/CC/C(C(=O)O)=C\C[C@H]12. The Morgan fingerprint density at radius 3 is 2.89 bits per heavy atom. The minimum atomic E-state index is -0.890. The lowest BCUT2D eigenvalue weighted by atomic mass is 9.88. The number of rotatable bonds is 1. The fourth-order valence-electron chi connectivity index (χ4n) is 2.59. The standard InChI is InChI=1S/C15H18O4/c1-9-4-3-5-11(14(16)17)6-7-12-10(2)15(18)19-13(12)8-9/h4,6,12-13H,2-3,5,7-8H2,1H3,(H,16,17)/b9-4+,11-6+/t12-,13+/m1/s1. The van der Waals surface area contributed by atoms with E-state index in [1.165, 1.54) is 0 Å². The summed E-state index contributed by atoms with van der Waals surface area (Å²) < 4.78 is 5.32. The molecule has 0 radical (unpaired) electrons. The number of hydrogen-bond donors (Lipinski definition) is 1. The Bertz CT molecular complexity index is 484. The van der Waals surface area contributed by atoms with Crippen molar-refractivity contribution in [1.82, 2.24) is 0 Å². The van der Waals surface area contributed by atoms with E-state index in [2.05, 4.69) is 6.58 Å². The normalized spacial score (nSPS) is 33.5. The summed E-state index contributed by atoms with van der Waals surface area (Å²) in [7, 11) is 0. The Morgan fingerprint density at radius 1 is 1.47 bits per heavy atom. The monoisotopic (exact) mass is 262 g/mol. The molecule has 0 spiro atoms. The van der Waals surface area contributed by atoms with Crippen LogP contribution < -0.4 is 0 Å². The highest BCUT2D eigenvalue weighted by atomic mass is 16.6. The minimum absolute atomic E-state index is 0.108. The Morgan fingerprint density at radius 2 is 2.21 bits per heavy atom. The van der Waals surface area contributed by atoms with E-state index in [4.69, 9.17) is 9.84 Å². The van der Waals surface area contributed by atoms with E-state index >= 15 is 0 Å². The van der Waals surface area contributed by atoms with Crippen LogP contribution in [-0.4, -0.2) is 23.1 Å². The smallest absolute Gasteiger partial charge is 0.334 e. The molecule has 0 aromatic rings. The largest absolute Gasteiger partial charge is 0.478 e. The number of carboxylic acid groups (broad SMARTS) is 1. The van der Waals surface area contributed by atoms with Gasteiger partial charge in [-0.05, 0) is 26.2 Å². The molecule has 1 aliphatic carbocycles. The predicted octanol–water partition coefficient (Wildman–Crippen LogP) is 2.62. The van der Waals surface area contributed by atoms with Crippen LogP contribution in [0.5, 0.6) is 0 Å². The lowest BCUT2D eigenvalue weighted by molar-refractivity contribution is -0.139. The highest BCUT2D eigenvalue weighted by Gasteiger charge is 2.37. The van der Waals surface area contributed by atoms with Gasteiger partial charge in [-0.3, -0.25) is 0 Å². The molecule has 2 rings (SSSR count). The van der Waals surface area contributed by atoms with Crippen LogP contribution in [0.1, 0.15) is 32.6 Å². The van der Waals surface area contributed by atoms with E-state index < -0.39 is 5.97 Å². The van der Waals surface area contributed by atoms with Gasteiger partial charge in [-0.25, -0.2) is 9.59 Å². The molecule has 2 atom stereocenters. The Balaban J connectivity index is 2.28. The third-order valence-electron chi connectivity index (χ3n) is 3.74. The van der Waals surface area contributed by atoms with Crippen LogP contribution in [0.3, 0.4) is 0 Å². The Labute approximate surface area is 112 Å². The van der Waals surface area contributed by atoms with Crippen LogP contribution in [0, 0.1) is 5.92 Å². The summed E-state index contributed by atoms with van der Waals surface area (Å²) in [5, 5.41) is 9.13. The molecule has 19 heavy (non-hydrogen) atoms. The molecule has 0 bridgehead atoms. The Hall–Kier alpha value is -1.84. The van der Waals surface area contributed by atoms with Crippen LogP contribution in [-0.2, 0) is 14.3 Å². The van der Waals surface area contributed by atoms with Crippen molar-refractivity contribution < 1.29 is 19.4 Å². The zero-order valence-electron chi connectivity index (χ0n) is 11.0. The second-order valence-corrected chi connectivity index (χ2v) is 5.14. The van der Waals surface area contributed by atoms with Gasteiger partial charge < -0.3 is 9.84 Å². The molecule has 1 N–H and O–H groups in total. The lowest BCUT2D eigenvalue weighted by Crippen LogP contribution is -2.17. The molecular formula is C15H18O4. The van der Waals surface area contributed by atoms with Gasteiger partial charge in [-0.1, -0.05) is 24.3 Å². The summed E-state index contributed by atoms with van der Waals surface area (Å²) in [5.41, 5.74) is 1.99. The second kappa shape index (κ2) is 5.43. The fourth-order valence-corrected chi connectivity index (χ4v) is 2.59. The van der Waals surface area contributed by atoms with E-state index in [1.807, 2.05) is 13.0 Å². The van der Waals surface area contributed by atoms with Gasteiger partial charge in [0.2, 0.25) is 0 Å². The van der Waals surface area contributed by atoms with Crippen molar-refractivity contribution in [3.63, 3.8) is 0 Å². The van der Waals surface area contributed by atoms with Crippen molar-refractivity contribution in [3.8, 4) is 0 Å². The average Bonchev–Trinajstić information content (AvgIpc) is 2.60. The van der Waals surface area contributed by atoms with E-state index in [1.54, 1.807) is 6.08 Å². The van der Waals surface area contributed by atoms with Crippen molar-refractivity contribution >= 4 is 11.9 Å². The summed E-state index contributed by atoms with van der Waals surface area (Å²) in [4.78, 5) is 22.7. The highest BCUT2D eigenvalue weighted by molar-refractivity contribution is 5.91. The summed E-state index contributed by atoms with van der Waals surface area (Å²) in [6, 6.07) is 0. The molecule has 1 aliphatic heterocycles. The number of fused-ring (bicyclic) bond motifs is 1. The van der Waals surface area contributed by atoms with Gasteiger partial charge in [0.05, 0.1) is 0 Å². The van der Waals surface area contributed by atoms with Gasteiger partial charge in [-0.15, -0.1) is 0 Å². The molecule has 0 aromatic heterocycles. The molecule has 102 valence electrons. The average molecular weight is 262 g/mol. The molecule has 4 heteroatoms. The molecule has 0 amide bonds. The molecule has 0 aromatic carbocycles. The van der Waals surface area contributed by atoms with Crippen LogP contribution in [0.15, 0.2) is 35.5 Å². The van der Waals surface area contributed by atoms with Crippen molar-refractivity contribution in [2.45, 2.75) is 38.7 Å². The first-order valence-electron chi connectivity index (χ1n) is 6.46. The molecule has 2 aliphatic rings. The number of hydrogen-bond acceptors (Lipinski definition) is 3. The summed E-state index contributed by atoms with van der Waals surface area (Å²) in [5.74, 6) is -1.35. The van der Waals surface area contributed by atoms with Crippen LogP contribution in [0.4, 0.5) is 0 Å². The number of ether oxygens (including phenoxy) is 1. The van der Waals surface area contributed by atoms with Gasteiger partial charge in [0.25, 0.3) is 0 Å². The number of allylic oxidation sites excluding steroid dienone is 2. The van der Waals surface area contributed by atoms with E-state index in [0.717, 1.165) is 5.57 Å². The van der Waals surface area contributed by atoms with Gasteiger partial charge in [-0.2, -0.15) is 0 Å². The molecular weight excluding hydrogens is 244 g/mol. The number of carboxylic acids is 1. The summed E-state index contributed by atoms with van der Waals surface area (Å²) >= 11 is 0. The molecule has 4 nitrogen and oxygen atoms in total. The molecule has 0 unspecified atom stereocenters. The number of carbonyl (C=O) groups is 2. The van der Waals surface area contributed by atoms with Gasteiger partial charge in [0, 0.05) is 23.5 Å². The minimum Gasteiger partial charge on any atom is -0.478 e. The summed E-state index contributed by atoms with van der Waals surface area (Å²) in [6.45, 7) is 5.75. The van der Waals surface area contributed by atoms with E-state index in [-0.39, 0.29) is 18.0 Å². The number of esters is 1. The van der Waals surface area contributed by atoms with Crippen molar-refractivity contribution in [2.24, 2.45) is 5.92 Å². The molecule has 1 heterocycles. The first kappa shape index (κ1) is 13.6. The Kier molecular flexibility index (Phi) is 3.88. The quantitative estimate of drug-likeness (QED) is 0.448. The van der Waals surface area contributed by atoms with Crippen LogP contribution in [0.2, 0.25) is 0 Å². The third-order valence-corrected chi connectivity index (χ3v) is 3.74. The first-order chi connectivity index (χ1) is 8.99. The number of carbonyl (C=O) groups excluding carboxylic acids is 1.